The molecule has 1 saturated heterocycles. The van der Waals surface area contributed by atoms with Gasteiger partial charge in [0, 0.05) is 13.1 Å². The number of nitrogens with zero attached hydrogens (tertiary/aromatic N) is 4. The van der Waals surface area contributed by atoms with Crippen molar-refractivity contribution in [2.24, 2.45) is 5.92 Å². The smallest absolute Gasteiger partial charge is 0.158 e. The van der Waals surface area contributed by atoms with Gasteiger partial charge in [-0.2, -0.15) is 5.26 Å². The van der Waals surface area contributed by atoms with Crippen molar-refractivity contribution >= 4 is 5.82 Å². The summed E-state index contributed by atoms with van der Waals surface area (Å²) in [7, 11) is 0. The van der Waals surface area contributed by atoms with Crippen molar-refractivity contribution in [3.05, 3.63) is 54.0 Å². The molecule has 1 aromatic carbocycles. The zero-order valence-electron chi connectivity index (χ0n) is 12.8. The zero-order valence-corrected chi connectivity index (χ0v) is 12.8. The molecule has 1 aromatic heterocycles. The van der Waals surface area contributed by atoms with Gasteiger partial charge in [-0.3, -0.25) is 0 Å². The van der Waals surface area contributed by atoms with Crippen molar-refractivity contribution in [3.63, 3.8) is 0 Å². The lowest BCUT2D eigenvalue weighted by Crippen LogP contribution is -2.39. The normalized spacial score (nSPS) is 21.4. The Morgan fingerprint density at radius 1 is 1.23 bits per heavy atom. The van der Waals surface area contributed by atoms with E-state index in [9.17, 15) is 0 Å². The van der Waals surface area contributed by atoms with Crippen LogP contribution in [-0.2, 0) is 0 Å². The van der Waals surface area contributed by atoms with E-state index in [2.05, 4.69) is 52.1 Å². The van der Waals surface area contributed by atoms with Crippen LogP contribution in [0, 0.1) is 17.2 Å². The molecule has 2 atom stereocenters. The summed E-state index contributed by atoms with van der Waals surface area (Å²) in [5.41, 5.74) is 1.81. The van der Waals surface area contributed by atoms with Crippen molar-refractivity contribution < 1.29 is 0 Å². The highest BCUT2D eigenvalue weighted by Crippen LogP contribution is 2.35. The van der Waals surface area contributed by atoms with Crippen LogP contribution < -0.4 is 4.90 Å². The van der Waals surface area contributed by atoms with Gasteiger partial charge < -0.3 is 4.90 Å². The Balaban J connectivity index is 1.75. The van der Waals surface area contributed by atoms with Crippen LogP contribution in [0.4, 0.5) is 5.82 Å². The average Bonchev–Trinajstić information content (AvgIpc) is 2.62. The molecule has 1 aliphatic rings. The molecular weight excluding hydrogens is 272 g/mol. The van der Waals surface area contributed by atoms with Gasteiger partial charge >= 0.3 is 0 Å². The molecule has 1 fully saturated rings. The van der Waals surface area contributed by atoms with E-state index in [-0.39, 0.29) is 0 Å². The molecule has 2 unspecified atom stereocenters. The third kappa shape index (κ3) is 2.94. The molecule has 3 rings (SSSR count). The van der Waals surface area contributed by atoms with Crippen LogP contribution in [0.5, 0.6) is 0 Å². The van der Waals surface area contributed by atoms with E-state index in [1.807, 2.05) is 6.07 Å². The Bertz CT molecular complexity index is 645. The topological polar surface area (TPSA) is 52.8 Å². The second-order valence-electron chi connectivity index (χ2n) is 5.79. The van der Waals surface area contributed by atoms with Gasteiger partial charge in [0.15, 0.2) is 5.69 Å². The lowest BCUT2D eigenvalue weighted by Gasteiger charge is -2.39. The molecular formula is C18H20N4. The Hall–Kier alpha value is -2.41. The first kappa shape index (κ1) is 14.5. The summed E-state index contributed by atoms with van der Waals surface area (Å²) >= 11 is 0. The fraction of sp³-hybridized carbons (Fsp3) is 0.389. The molecule has 0 amide bonds. The molecule has 0 spiro atoms. The monoisotopic (exact) mass is 292 g/mol. The van der Waals surface area contributed by atoms with Crippen LogP contribution >= 0.6 is 0 Å². The summed E-state index contributed by atoms with van der Waals surface area (Å²) in [6.45, 7) is 4.24. The van der Waals surface area contributed by atoms with Gasteiger partial charge in [-0.05, 0) is 23.8 Å². The highest BCUT2D eigenvalue weighted by atomic mass is 15.2. The molecule has 0 bridgehead atoms. The van der Waals surface area contributed by atoms with Crippen molar-refractivity contribution in [2.45, 2.75) is 25.7 Å². The zero-order chi connectivity index (χ0) is 15.4. The number of aromatic nitrogens is 2. The molecule has 1 aliphatic heterocycles. The quantitative estimate of drug-likeness (QED) is 0.870. The summed E-state index contributed by atoms with van der Waals surface area (Å²) in [6.07, 6.45) is 5.55. The van der Waals surface area contributed by atoms with Crippen LogP contribution in [-0.4, -0.2) is 23.1 Å². The first-order chi connectivity index (χ1) is 10.8. The Morgan fingerprint density at radius 3 is 2.68 bits per heavy atom. The van der Waals surface area contributed by atoms with E-state index < -0.39 is 0 Å². The van der Waals surface area contributed by atoms with Crippen LogP contribution in [0.2, 0.25) is 0 Å². The van der Waals surface area contributed by atoms with Gasteiger partial charge in [0.05, 0.1) is 12.4 Å². The molecule has 0 saturated carbocycles. The van der Waals surface area contributed by atoms with Gasteiger partial charge in [-0.25, -0.2) is 9.97 Å². The van der Waals surface area contributed by atoms with Gasteiger partial charge in [0.2, 0.25) is 0 Å². The lowest BCUT2D eigenvalue weighted by atomic mass is 9.79. The Labute approximate surface area is 131 Å². The molecule has 2 aromatic rings. The summed E-state index contributed by atoms with van der Waals surface area (Å²) in [6, 6.07) is 12.8. The SMILES string of the molecule is CCC1CN(c2cnc(C#N)cn2)CCC1c1ccccc1. The van der Waals surface area contributed by atoms with Crippen molar-refractivity contribution in [1.29, 1.82) is 5.26 Å². The minimum absolute atomic E-state index is 0.370. The maximum absolute atomic E-state index is 8.81. The van der Waals surface area contributed by atoms with E-state index >= 15 is 0 Å². The van der Waals surface area contributed by atoms with Crippen molar-refractivity contribution in [3.8, 4) is 6.07 Å². The van der Waals surface area contributed by atoms with E-state index in [0.29, 0.717) is 17.5 Å². The number of benzene rings is 1. The molecule has 4 heteroatoms. The molecule has 22 heavy (non-hydrogen) atoms. The Kier molecular flexibility index (Phi) is 4.34. The summed E-state index contributed by atoms with van der Waals surface area (Å²) in [4.78, 5) is 10.8. The van der Waals surface area contributed by atoms with Crippen LogP contribution in [0.3, 0.4) is 0 Å². The molecule has 0 aliphatic carbocycles. The number of piperidine rings is 1. The maximum Gasteiger partial charge on any atom is 0.158 e. The fourth-order valence-corrected chi connectivity index (χ4v) is 3.34. The fourth-order valence-electron chi connectivity index (χ4n) is 3.34. The van der Waals surface area contributed by atoms with Crippen molar-refractivity contribution in [1.82, 2.24) is 9.97 Å². The third-order valence-corrected chi connectivity index (χ3v) is 4.56. The summed E-state index contributed by atoms with van der Waals surface area (Å²) in [5, 5.41) is 8.81. The highest BCUT2D eigenvalue weighted by molar-refractivity contribution is 5.39. The number of nitriles is 1. The van der Waals surface area contributed by atoms with E-state index in [4.69, 9.17) is 5.26 Å². The standard InChI is InChI=1S/C18H20N4/c1-2-14-13-22(18-12-20-16(10-19)11-21-18)9-8-17(14)15-6-4-3-5-7-15/h3-7,11-12,14,17H,2,8-9,13H2,1H3. The maximum atomic E-state index is 8.81. The average molecular weight is 292 g/mol. The number of hydrogen-bond donors (Lipinski definition) is 0. The van der Waals surface area contributed by atoms with Gasteiger partial charge in [0.25, 0.3) is 0 Å². The molecule has 4 nitrogen and oxygen atoms in total. The van der Waals surface area contributed by atoms with Crippen molar-refractivity contribution in [2.75, 3.05) is 18.0 Å². The van der Waals surface area contributed by atoms with E-state index in [0.717, 1.165) is 31.7 Å². The number of rotatable bonds is 3. The van der Waals surface area contributed by atoms with Crippen LogP contribution in [0.25, 0.3) is 0 Å². The van der Waals surface area contributed by atoms with E-state index in [1.165, 1.54) is 5.56 Å². The second kappa shape index (κ2) is 6.57. The first-order valence-corrected chi connectivity index (χ1v) is 7.84. The van der Waals surface area contributed by atoms with Crippen LogP contribution in [0.15, 0.2) is 42.7 Å². The third-order valence-electron chi connectivity index (χ3n) is 4.56. The largest absolute Gasteiger partial charge is 0.355 e. The summed E-state index contributed by atoms with van der Waals surface area (Å²) in [5.74, 6) is 2.12. The molecule has 2 heterocycles. The predicted molar refractivity (Wildman–Crippen MR) is 86.5 cm³/mol. The molecule has 112 valence electrons. The van der Waals surface area contributed by atoms with Crippen LogP contribution in [0.1, 0.15) is 36.9 Å². The minimum atomic E-state index is 0.370. The van der Waals surface area contributed by atoms with Gasteiger partial charge in [-0.15, -0.1) is 0 Å². The second-order valence-corrected chi connectivity index (χ2v) is 5.79. The molecule has 0 radical (unpaired) electrons. The highest BCUT2D eigenvalue weighted by Gasteiger charge is 2.29. The van der Waals surface area contributed by atoms with Gasteiger partial charge in [-0.1, -0.05) is 43.7 Å². The minimum Gasteiger partial charge on any atom is -0.355 e. The van der Waals surface area contributed by atoms with Gasteiger partial charge in [0.1, 0.15) is 11.9 Å². The predicted octanol–water partition coefficient (Wildman–Crippen LogP) is 3.37. The number of anilines is 1. The molecule has 0 N–H and O–H groups in total. The lowest BCUT2D eigenvalue weighted by molar-refractivity contribution is 0.346. The van der Waals surface area contributed by atoms with E-state index in [1.54, 1.807) is 12.4 Å². The number of hydrogen-bond acceptors (Lipinski definition) is 4. The summed E-state index contributed by atoms with van der Waals surface area (Å²) < 4.78 is 0. The first-order valence-electron chi connectivity index (χ1n) is 7.84. The Morgan fingerprint density at radius 2 is 2.05 bits per heavy atom.